The number of thioether (sulfide) groups is 1. The number of amides is 4. The van der Waals surface area contributed by atoms with Gasteiger partial charge in [0.25, 0.3) is 5.91 Å². The van der Waals surface area contributed by atoms with Gasteiger partial charge in [-0.3, -0.25) is 9.59 Å². The van der Waals surface area contributed by atoms with Crippen LogP contribution < -0.4 is 10.6 Å². The van der Waals surface area contributed by atoms with E-state index in [2.05, 4.69) is 0 Å². The van der Waals surface area contributed by atoms with Gasteiger partial charge in [0.1, 0.15) is 5.54 Å². The lowest BCUT2D eigenvalue weighted by Gasteiger charge is -2.27. The van der Waals surface area contributed by atoms with Gasteiger partial charge in [-0.1, -0.05) is 32.1 Å². The highest BCUT2D eigenvalue weighted by Crippen LogP contribution is 2.40. The van der Waals surface area contributed by atoms with Crippen molar-refractivity contribution in [1.29, 1.82) is 0 Å². The molecule has 1 aliphatic rings. The van der Waals surface area contributed by atoms with E-state index in [0.717, 1.165) is 50.7 Å². The number of nitrogens with zero attached hydrogens (tertiary/aromatic N) is 2. The molecule has 1 heterocycles. The van der Waals surface area contributed by atoms with E-state index < -0.39 is 59.2 Å². The number of primary amides is 1. The van der Waals surface area contributed by atoms with Crippen LogP contribution in [0.25, 0.3) is 0 Å². The molecule has 238 valence electrons. The van der Waals surface area contributed by atoms with E-state index in [-0.39, 0.29) is 24.4 Å². The SMILES string of the molecule is CC1(C)C(=O)N(c2ccc(C(N)=O)c(C(F)(F)F)c2)C(=O)N1CCCCCCCCCSCCCC(F)(F)C(F)(F)F. The summed E-state index contributed by atoms with van der Waals surface area (Å²) in [4.78, 5) is 39.6. The van der Waals surface area contributed by atoms with Crippen molar-refractivity contribution in [2.45, 2.75) is 95.4 Å². The van der Waals surface area contributed by atoms with Gasteiger partial charge in [0, 0.05) is 13.0 Å². The van der Waals surface area contributed by atoms with Gasteiger partial charge in [0.05, 0.1) is 16.8 Å². The topological polar surface area (TPSA) is 83.7 Å². The monoisotopic (exact) mass is 633 g/mol. The number of unbranched alkanes of at least 4 members (excludes halogenated alkanes) is 6. The third-order valence-corrected chi connectivity index (χ3v) is 8.17. The Balaban J connectivity index is 1.74. The Labute approximate surface area is 243 Å². The zero-order chi connectivity index (χ0) is 31.9. The van der Waals surface area contributed by atoms with Crippen LogP contribution >= 0.6 is 11.8 Å². The Morgan fingerprint density at radius 3 is 1.95 bits per heavy atom. The van der Waals surface area contributed by atoms with E-state index in [9.17, 15) is 49.5 Å². The number of halogens is 8. The smallest absolute Gasteiger partial charge is 0.366 e. The van der Waals surface area contributed by atoms with Crippen LogP contribution in [0.4, 0.5) is 45.6 Å². The molecule has 1 aromatic rings. The second kappa shape index (κ2) is 14.3. The van der Waals surface area contributed by atoms with Crippen LogP contribution in [-0.4, -0.2) is 58.4 Å². The summed E-state index contributed by atoms with van der Waals surface area (Å²) in [6.45, 7) is 3.23. The minimum atomic E-state index is -5.51. The number of anilines is 1. The van der Waals surface area contributed by atoms with E-state index >= 15 is 0 Å². The summed E-state index contributed by atoms with van der Waals surface area (Å²) in [5.41, 5.74) is 1.33. The summed E-state index contributed by atoms with van der Waals surface area (Å²) in [7, 11) is 0. The number of hydrogen-bond donors (Lipinski definition) is 1. The Kier molecular flexibility index (Phi) is 12.1. The summed E-state index contributed by atoms with van der Waals surface area (Å²) in [6, 6.07) is 1.73. The van der Waals surface area contributed by atoms with E-state index in [1.807, 2.05) is 0 Å². The van der Waals surface area contributed by atoms with Crippen LogP contribution in [0, 0.1) is 0 Å². The number of carbonyl (C=O) groups excluding carboxylic acids is 3. The molecule has 1 fully saturated rings. The van der Waals surface area contributed by atoms with E-state index in [4.69, 9.17) is 5.73 Å². The number of carbonyl (C=O) groups is 3. The first-order chi connectivity index (χ1) is 19.3. The fourth-order valence-corrected chi connectivity index (χ4v) is 5.52. The fraction of sp³-hybridized carbons (Fsp3) is 0.667. The number of rotatable bonds is 16. The lowest BCUT2D eigenvalue weighted by atomic mass is 10.0. The molecule has 2 rings (SSSR count). The summed E-state index contributed by atoms with van der Waals surface area (Å²) in [5.74, 6) is -5.73. The summed E-state index contributed by atoms with van der Waals surface area (Å²) >= 11 is 1.35. The Morgan fingerprint density at radius 2 is 1.40 bits per heavy atom. The molecule has 2 N–H and O–H groups in total. The Hall–Kier alpha value is -2.58. The molecule has 1 aliphatic heterocycles. The predicted octanol–water partition coefficient (Wildman–Crippen LogP) is 7.79. The van der Waals surface area contributed by atoms with Crippen molar-refractivity contribution in [3.8, 4) is 0 Å². The molecule has 4 amide bonds. The van der Waals surface area contributed by atoms with Crippen molar-refractivity contribution in [1.82, 2.24) is 4.90 Å². The van der Waals surface area contributed by atoms with Gasteiger partial charge in [0.15, 0.2) is 0 Å². The number of urea groups is 1. The van der Waals surface area contributed by atoms with E-state index in [0.29, 0.717) is 23.1 Å². The Bertz CT molecular complexity index is 1110. The molecular weight excluding hydrogens is 598 g/mol. The summed E-state index contributed by atoms with van der Waals surface area (Å²) < 4.78 is 103. The van der Waals surface area contributed by atoms with Crippen LogP contribution in [0.15, 0.2) is 18.2 Å². The molecular formula is C27H35F8N3O3S. The molecule has 0 bridgehead atoms. The highest BCUT2D eigenvalue weighted by atomic mass is 32.2. The number of imide groups is 1. The van der Waals surface area contributed by atoms with Crippen molar-refractivity contribution in [2.75, 3.05) is 23.0 Å². The normalized spacial score (nSPS) is 16.0. The molecule has 0 saturated carbocycles. The first-order valence-electron chi connectivity index (χ1n) is 13.5. The highest BCUT2D eigenvalue weighted by Gasteiger charge is 2.56. The molecule has 0 atom stereocenters. The van der Waals surface area contributed by atoms with Gasteiger partial charge >= 0.3 is 24.3 Å². The zero-order valence-corrected chi connectivity index (χ0v) is 24.2. The van der Waals surface area contributed by atoms with Crippen LogP contribution in [0.3, 0.4) is 0 Å². The zero-order valence-electron chi connectivity index (χ0n) is 23.3. The molecule has 1 aromatic carbocycles. The number of alkyl halides is 8. The van der Waals surface area contributed by atoms with Crippen LogP contribution in [0.2, 0.25) is 0 Å². The molecule has 1 saturated heterocycles. The van der Waals surface area contributed by atoms with Crippen molar-refractivity contribution in [3.05, 3.63) is 29.3 Å². The standard InChI is InChI=1S/C27H35F8N3O3S/c1-24(2)22(40)38(18-11-12-19(21(36)39)20(17-18)26(30,31)32)23(41)37(24)14-8-6-4-3-5-7-9-15-42-16-10-13-25(28,29)27(33,34)35/h11-12,17H,3-10,13-16H2,1-2H3,(H2,36,39). The predicted molar refractivity (Wildman–Crippen MR) is 144 cm³/mol. The maximum Gasteiger partial charge on any atom is 0.453 e. The quantitative estimate of drug-likeness (QED) is 0.114. The first-order valence-corrected chi connectivity index (χ1v) is 14.7. The van der Waals surface area contributed by atoms with Crippen LogP contribution in [-0.2, 0) is 11.0 Å². The summed E-state index contributed by atoms with van der Waals surface area (Å²) in [6.07, 6.45) is -6.26. The van der Waals surface area contributed by atoms with Gasteiger partial charge in [-0.05, 0) is 62.8 Å². The van der Waals surface area contributed by atoms with Crippen molar-refractivity contribution in [3.63, 3.8) is 0 Å². The third-order valence-electron chi connectivity index (χ3n) is 7.02. The van der Waals surface area contributed by atoms with Gasteiger partial charge < -0.3 is 10.6 Å². The summed E-state index contributed by atoms with van der Waals surface area (Å²) in [5, 5.41) is 0. The largest absolute Gasteiger partial charge is 0.453 e. The Morgan fingerprint density at radius 1 is 0.857 bits per heavy atom. The number of nitrogens with two attached hydrogens (primary N) is 1. The van der Waals surface area contributed by atoms with E-state index in [1.165, 1.54) is 30.5 Å². The second-order valence-corrected chi connectivity index (χ2v) is 11.8. The average molecular weight is 634 g/mol. The van der Waals surface area contributed by atoms with Gasteiger partial charge in [0.2, 0.25) is 5.91 Å². The molecule has 42 heavy (non-hydrogen) atoms. The van der Waals surface area contributed by atoms with Gasteiger partial charge in [-0.2, -0.15) is 46.9 Å². The van der Waals surface area contributed by atoms with Crippen LogP contribution in [0.5, 0.6) is 0 Å². The minimum Gasteiger partial charge on any atom is -0.366 e. The fourth-order valence-electron chi connectivity index (χ4n) is 4.56. The molecule has 0 aromatic heterocycles. The van der Waals surface area contributed by atoms with Crippen molar-refractivity contribution in [2.24, 2.45) is 5.73 Å². The average Bonchev–Trinajstić information content (AvgIpc) is 3.03. The van der Waals surface area contributed by atoms with E-state index in [1.54, 1.807) is 0 Å². The maximum absolute atomic E-state index is 13.5. The first kappa shape index (κ1) is 35.6. The molecule has 0 aliphatic carbocycles. The highest BCUT2D eigenvalue weighted by molar-refractivity contribution is 7.99. The number of hydrogen-bond acceptors (Lipinski definition) is 4. The maximum atomic E-state index is 13.5. The lowest BCUT2D eigenvalue weighted by molar-refractivity contribution is -0.284. The van der Waals surface area contributed by atoms with Crippen molar-refractivity contribution < 1.29 is 49.5 Å². The number of benzene rings is 1. The molecule has 0 unspecified atom stereocenters. The van der Waals surface area contributed by atoms with Crippen molar-refractivity contribution >= 4 is 35.3 Å². The second-order valence-electron chi connectivity index (χ2n) is 10.6. The van der Waals surface area contributed by atoms with Crippen LogP contribution in [0.1, 0.15) is 87.6 Å². The molecule has 0 spiro atoms. The molecule has 6 nitrogen and oxygen atoms in total. The van der Waals surface area contributed by atoms with Gasteiger partial charge in [-0.15, -0.1) is 0 Å². The molecule has 0 radical (unpaired) electrons. The molecule has 15 heteroatoms. The lowest BCUT2D eigenvalue weighted by Crippen LogP contribution is -2.44. The van der Waals surface area contributed by atoms with Gasteiger partial charge in [-0.25, -0.2) is 9.69 Å². The third kappa shape index (κ3) is 8.96. The minimum absolute atomic E-state index is 0.212.